The smallest absolute Gasteiger partial charge is 0.248 e. The fourth-order valence-corrected chi connectivity index (χ4v) is 1.59. The molecule has 82 valence electrons. The van der Waals surface area contributed by atoms with Gasteiger partial charge in [-0.15, -0.1) is 0 Å². The molecule has 0 bridgehead atoms. The third-order valence-corrected chi connectivity index (χ3v) is 2.43. The molecule has 2 aromatic rings. The first kappa shape index (κ1) is 10.5. The van der Waals surface area contributed by atoms with Crippen molar-refractivity contribution in [1.29, 1.82) is 0 Å². The third kappa shape index (κ3) is 1.74. The van der Waals surface area contributed by atoms with Gasteiger partial charge in [-0.05, 0) is 18.2 Å². The number of fused-ring (bicyclic) bond motifs is 1. The highest BCUT2D eigenvalue weighted by Gasteiger charge is 2.09. The van der Waals surface area contributed by atoms with Crippen molar-refractivity contribution >= 4 is 16.7 Å². The van der Waals surface area contributed by atoms with Gasteiger partial charge in [0.25, 0.3) is 0 Å². The molecule has 2 rings (SSSR count). The summed E-state index contributed by atoms with van der Waals surface area (Å²) >= 11 is 0. The number of carbonyl (C=O) groups excluding carboxylic acids is 1. The van der Waals surface area contributed by atoms with Gasteiger partial charge in [-0.25, -0.2) is 4.39 Å². The molecule has 1 heterocycles. The Morgan fingerprint density at radius 1 is 1.38 bits per heavy atom. The van der Waals surface area contributed by atoms with Crippen molar-refractivity contribution in [2.75, 3.05) is 0 Å². The molecule has 1 aromatic heterocycles. The molecular formula is C12H10FNO2. The molecule has 0 radical (unpaired) electrons. The molecule has 0 aliphatic carbocycles. The lowest BCUT2D eigenvalue weighted by Crippen LogP contribution is -2.05. The van der Waals surface area contributed by atoms with Gasteiger partial charge in [-0.2, -0.15) is 0 Å². The summed E-state index contributed by atoms with van der Waals surface area (Å²) in [5.74, 6) is -0.695. The molecule has 0 amide bonds. The average Bonchev–Trinajstić information content (AvgIpc) is 2.28. The van der Waals surface area contributed by atoms with Crippen molar-refractivity contribution in [2.45, 2.75) is 13.3 Å². The number of aromatic amines is 1. The lowest BCUT2D eigenvalue weighted by atomic mass is 10.1. The number of benzene rings is 1. The van der Waals surface area contributed by atoms with Gasteiger partial charge < -0.3 is 4.98 Å². The maximum Gasteiger partial charge on any atom is 0.248 e. The first-order valence-electron chi connectivity index (χ1n) is 4.97. The van der Waals surface area contributed by atoms with Gasteiger partial charge in [0.2, 0.25) is 5.56 Å². The quantitative estimate of drug-likeness (QED) is 0.787. The molecule has 16 heavy (non-hydrogen) atoms. The maximum atomic E-state index is 13.6. The number of hydrogen-bond donors (Lipinski definition) is 1. The minimum atomic E-state index is -0.577. The Kier molecular flexibility index (Phi) is 2.56. The lowest BCUT2D eigenvalue weighted by molar-refractivity contribution is 0.0988. The Bertz CT molecular complexity index is 616. The summed E-state index contributed by atoms with van der Waals surface area (Å²) in [5.41, 5.74) is 0.112. The molecule has 0 saturated heterocycles. The Hall–Kier alpha value is -1.97. The van der Waals surface area contributed by atoms with E-state index in [1.165, 1.54) is 12.1 Å². The molecule has 1 aromatic carbocycles. The van der Waals surface area contributed by atoms with Crippen LogP contribution in [0.1, 0.15) is 23.7 Å². The van der Waals surface area contributed by atoms with Crippen LogP contribution < -0.4 is 5.56 Å². The maximum absolute atomic E-state index is 13.6. The highest BCUT2D eigenvalue weighted by atomic mass is 19.1. The zero-order valence-electron chi connectivity index (χ0n) is 8.71. The summed E-state index contributed by atoms with van der Waals surface area (Å²) in [4.78, 5) is 24.9. The van der Waals surface area contributed by atoms with Crippen LogP contribution in [0.25, 0.3) is 10.9 Å². The Balaban J connectivity index is 2.73. The minimum Gasteiger partial charge on any atom is -0.319 e. The van der Waals surface area contributed by atoms with Gasteiger partial charge in [0.05, 0.1) is 5.52 Å². The molecule has 0 unspecified atom stereocenters. The number of aromatic nitrogens is 1. The number of H-pyrrole nitrogens is 1. The number of carbonyl (C=O) groups is 1. The van der Waals surface area contributed by atoms with E-state index in [4.69, 9.17) is 0 Å². The van der Waals surface area contributed by atoms with Crippen LogP contribution in [-0.2, 0) is 0 Å². The number of halogens is 1. The van der Waals surface area contributed by atoms with Crippen molar-refractivity contribution < 1.29 is 9.18 Å². The van der Waals surface area contributed by atoms with Gasteiger partial charge in [-0.1, -0.05) is 6.92 Å². The number of ketones is 1. The van der Waals surface area contributed by atoms with E-state index in [-0.39, 0.29) is 16.9 Å². The third-order valence-electron chi connectivity index (χ3n) is 2.43. The average molecular weight is 219 g/mol. The Morgan fingerprint density at radius 2 is 2.12 bits per heavy atom. The van der Waals surface area contributed by atoms with E-state index in [9.17, 15) is 14.0 Å². The molecular weight excluding hydrogens is 209 g/mol. The standard InChI is InChI=1S/C12H10FNO2/c1-2-10(15)8-5-7-3-4-11(16)14-12(7)9(13)6-8/h3-6H,2H2,1H3,(H,14,16). The predicted molar refractivity (Wildman–Crippen MR) is 59.1 cm³/mol. The molecule has 0 spiro atoms. The second-order valence-electron chi connectivity index (χ2n) is 3.52. The monoisotopic (exact) mass is 219 g/mol. The van der Waals surface area contributed by atoms with Crippen LogP contribution in [0.3, 0.4) is 0 Å². The topological polar surface area (TPSA) is 49.9 Å². The summed E-state index contributed by atoms with van der Waals surface area (Å²) in [6.45, 7) is 1.72. The van der Waals surface area contributed by atoms with Crippen LogP contribution in [0.2, 0.25) is 0 Å². The van der Waals surface area contributed by atoms with Crippen molar-refractivity contribution in [3.63, 3.8) is 0 Å². The highest BCUT2D eigenvalue weighted by molar-refractivity contribution is 5.99. The lowest BCUT2D eigenvalue weighted by Gasteiger charge is -2.02. The molecule has 0 fully saturated rings. The zero-order valence-corrected chi connectivity index (χ0v) is 8.71. The van der Waals surface area contributed by atoms with E-state index in [1.54, 1.807) is 13.0 Å². The number of rotatable bonds is 2. The van der Waals surface area contributed by atoms with Crippen LogP contribution in [0.5, 0.6) is 0 Å². The van der Waals surface area contributed by atoms with Crippen LogP contribution in [0.4, 0.5) is 4.39 Å². The molecule has 0 saturated carbocycles. The molecule has 1 N–H and O–H groups in total. The molecule has 0 aliphatic heterocycles. The molecule has 0 aliphatic rings. The van der Waals surface area contributed by atoms with Crippen molar-refractivity contribution in [1.82, 2.24) is 4.98 Å². The summed E-state index contributed by atoms with van der Waals surface area (Å²) in [7, 11) is 0. The second-order valence-corrected chi connectivity index (χ2v) is 3.52. The predicted octanol–water partition coefficient (Wildman–Crippen LogP) is 2.26. The van der Waals surface area contributed by atoms with E-state index in [0.717, 1.165) is 6.07 Å². The number of pyridine rings is 1. The van der Waals surface area contributed by atoms with Crippen LogP contribution in [-0.4, -0.2) is 10.8 Å². The first-order chi connectivity index (χ1) is 7.61. The molecule has 0 atom stereocenters. The normalized spacial score (nSPS) is 10.6. The summed E-state index contributed by atoms with van der Waals surface area (Å²) in [5, 5.41) is 0.524. The molecule has 3 nitrogen and oxygen atoms in total. The van der Waals surface area contributed by atoms with Gasteiger partial charge in [-0.3, -0.25) is 9.59 Å². The fraction of sp³-hybridized carbons (Fsp3) is 0.167. The Morgan fingerprint density at radius 3 is 2.81 bits per heavy atom. The summed E-state index contributed by atoms with van der Waals surface area (Å²) in [6.07, 6.45) is 0.328. The van der Waals surface area contributed by atoms with E-state index in [0.29, 0.717) is 17.4 Å². The van der Waals surface area contributed by atoms with Gasteiger partial charge in [0.15, 0.2) is 5.78 Å². The first-order valence-corrected chi connectivity index (χ1v) is 4.97. The second kappa shape index (κ2) is 3.89. The largest absolute Gasteiger partial charge is 0.319 e. The van der Waals surface area contributed by atoms with Gasteiger partial charge in [0.1, 0.15) is 5.82 Å². The van der Waals surface area contributed by atoms with E-state index < -0.39 is 5.82 Å². The molecule has 4 heteroatoms. The minimum absolute atomic E-state index is 0.119. The number of nitrogens with one attached hydrogen (secondary N) is 1. The van der Waals surface area contributed by atoms with E-state index in [2.05, 4.69) is 4.98 Å². The van der Waals surface area contributed by atoms with Crippen molar-refractivity contribution in [2.24, 2.45) is 0 Å². The fourth-order valence-electron chi connectivity index (χ4n) is 1.59. The Labute approximate surface area is 90.9 Å². The highest BCUT2D eigenvalue weighted by Crippen LogP contribution is 2.17. The van der Waals surface area contributed by atoms with Crippen molar-refractivity contribution in [3.05, 3.63) is 46.0 Å². The summed E-state index contributed by atoms with van der Waals surface area (Å²) in [6, 6.07) is 5.55. The summed E-state index contributed by atoms with van der Waals surface area (Å²) < 4.78 is 13.6. The van der Waals surface area contributed by atoms with E-state index in [1.807, 2.05) is 0 Å². The van der Waals surface area contributed by atoms with E-state index >= 15 is 0 Å². The van der Waals surface area contributed by atoms with Crippen molar-refractivity contribution in [3.8, 4) is 0 Å². The zero-order chi connectivity index (χ0) is 11.7. The number of Topliss-reactive ketones (excluding diaryl/α,β-unsaturated/α-hetero) is 1. The van der Waals surface area contributed by atoms with Gasteiger partial charge >= 0.3 is 0 Å². The SMILES string of the molecule is CCC(=O)c1cc(F)c2[nH]c(=O)ccc2c1. The van der Waals surface area contributed by atoms with Gasteiger partial charge in [0, 0.05) is 23.4 Å². The van der Waals surface area contributed by atoms with Crippen LogP contribution in [0, 0.1) is 5.82 Å². The van der Waals surface area contributed by atoms with Crippen LogP contribution >= 0.6 is 0 Å². The van der Waals surface area contributed by atoms with Crippen LogP contribution in [0.15, 0.2) is 29.1 Å². The number of hydrogen-bond acceptors (Lipinski definition) is 2.